The van der Waals surface area contributed by atoms with Crippen LogP contribution in [0.25, 0.3) is 23.2 Å². The monoisotopic (exact) mass is 348 g/mol. The van der Waals surface area contributed by atoms with E-state index in [1.165, 1.54) is 5.69 Å². The van der Waals surface area contributed by atoms with Gasteiger partial charge in [-0.3, -0.25) is 4.79 Å². The molecule has 0 unspecified atom stereocenters. The molecule has 6 heteroatoms. The van der Waals surface area contributed by atoms with E-state index in [2.05, 4.69) is 32.3 Å². The van der Waals surface area contributed by atoms with Gasteiger partial charge in [0.05, 0.1) is 24.2 Å². The minimum absolute atomic E-state index is 0.682. The number of fused-ring (bicyclic) bond motifs is 1. The molecule has 2 aromatic carbocycles. The summed E-state index contributed by atoms with van der Waals surface area (Å²) in [6, 6.07) is 13.9. The molecule has 0 saturated carbocycles. The van der Waals surface area contributed by atoms with Gasteiger partial charge in [0.1, 0.15) is 5.82 Å². The van der Waals surface area contributed by atoms with Gasteiger partial charge in [0.2, 0.25) is 6.41 Å². The van der Waals surface area contributed by atoms with Crippen molar-refractivity contribution in [2.75, 3.05) is 36.5 Å². The maximum absolute atomic E-state index is 10.7. The number of hydrogen-bond acceptors (Lipinski definition) is 4. The first kappa shape index (κ1) is 16.4. The molecule has 0 spiro atoms. The first-order valence-corrected chi connectivity index (χ1v) is 8.63. The van der Waals surface area contributed by atoms with E-state index in [0.717, 1.165) is 54.4 Å². The smallest absolute Gasteiger partial charge is 0.211 e. The lowest BCUT2D eigenvalue weighted by Crippen LogP contribution is -2.36. The quantitative estimate of drug-likeness (QED) is 0.695. The van der Waals surface area contributed by atoms with E-state index >= 15 is 0 Å². The number of anilines is 2. The second-order valence-corrected chi connectivity index (χ2v) is 6.11. The van der Waals surface area contributed by atoms with Gasteiger partial charge in [-0.1, -0.05) is 18.2 Å². The summed E-state index contributed by atoms with van der Waals surface area (Å²) in [6.07, 6.45) is 4.53. The zero-order chi connectivity index (χ0) is 17.8. The number of rotatable bonds is 5. The summed E-state index contributed by atoms with van der Waals surface area (Å²) < 4.78 is 5.42. The number of nitrogens with zero attached hydrogens (tertiary/aromatic N) is 2. The standard InChI is InChI=1S/C20H20N4O2/c25-14-21-17-4-2-1-3-15(17)5-8-20-22-18-7-6-16(13-19(18)23-20)24-9-11-26-12-10-24/h1-8,13-14H,9-12H2,(H,21,25)(H,22,23)/b8-5+. The van der Waals surface area contributed by atoms with Crippen molar-refractivity contribution in [2.24, 2.45) is 0 Å². The largest absolute Gasteiger partial charge is 0.378 e. The maximum Gasteiger partial charge on any atom is 0.211 e. The third kappa shape index (κ3) is 3.45. The van der Waals surface area contributed by atoms with Crippen molar-refractivity contribution < 1.29 is 9.53 Å². The molecule has 1 aromatic heterocycles. The average molecular weight is 348 g/mol. The van der Waals surface area contributed by atoms with Crippen molar-refractivity contribution in [1.29, 1.82) is 0 Å². The maximum atomic E-state index is 10.7. The molecule has 1 fully saturated rings. The van der Waals surface area contributed by atoms with Crippen LogP contribution in [-0.2, 0) is 9.53 Å². The summed E-state index contributed by atoms with van der Waals surface area (Å²) in [5.41, 5.74) is 4.81. The van der Waals surface area contributed by atoms with Gasteiger partial charge in [-0.05, 0) is 42.0 Å². The Labute approximate surface area is 151 Å². The SMILES string of the molecule is O=CNc1ccccc1/C=C/c1nc2ccc(N3CCOCC3)cc2[nH]1. The number of aromatic nitrogens is 2. The predicted octanol–water partition coefficient (Wildman–Crippen LogP) is 3.14. The molecule has 2 heterocycles. The van der Waals surface area contributed by atoms with Gasteiger partial charge in [0.15, 0.2) is 0 Å². The van der Waals surface area contributed by atoms with Gasteiger partial charge in [0.25, 0.3) is 0 Å². The highest BCUT2D eigenvalue weighted by Crippen LogP contribution is 2.23. The summed E-state index contributed by atoms with van der Waals surface area (Å²) in [6.45, 7) is 3.35. The second kappa shape index (κ2) is 7.41. The Balaban J connectivity index is 1.58. The molecule has 0 radical (unpaired) electrons. The van der Waals surface area contributed by atoms with E-state index in [0.29, 0.717) is 6.41 Å². The highest BCUT2D eigenvalue weighted by atomic mass is 16.5. The van der Waals surface area contributed by atoms with Gasteiger partial charge < -0.3 is 19.9 Å². The Hall–Kier alpha value is -3.12. The topological polar surface area (TPSA) is 70.2 Å². The molecule has 0 aliphatic carbocycles. The molecule has 1 amide bonds. The lowest BCUT2D eigenvalue weighted by Gasteiger charge is -2.28. The molecular formula is C20H20N4O2. The number of carbonyl (C=O) groups is 1. The number of ether oxygens (including phenoxy) is 1. The molecule has 26 heavy (non-hydrogen) atoms. The Morgan fingerprint density at radius 2 is 1.96 bits per heavy atom. The summed E-state index contributed by atoms with van der Waals surface area (Å²) in [7, 11) is 0. The van der Waals surface area contributed by atoms with Gasteiger partial charge in [0, 0.05) is 24.5 Å². The predicted molar refractivity (Wildman–Crippen MR) is 104 cm³/mol. The zero-order valence-corrected chi connectivity index (χ0v) is 14.3. The highest BCUT2D eigenvalue weighted by molar-refractivity contribution is 5.84. The van der Waals surface area contributed by atoms with Gasteiger partial charge in [-0.25, -0.2) is 4.98 Å². The Bertz CT molecular complexity index is 942. The normalized spacial score (nSPS) is 14.8. The Kier molecular flexibility index (Phi) is 4.66. The third-order valence-electron chi connectivity index (χ3n) is 4.46. The van der Waals surface area contributed by atoms with Gasteiger partial charge >= 0.3 is 0 Å². The highest BCUT2D eigenvalue weighted by Gasteiger charge is 2.12. The number of carbonyl (C=O) groups excluding carboxylic acids is 1. The first-order chi connectivity index (χ1) is 12.8. The van der Waals surface area contributed by atoms with E-state index in [1.807, 2.05) is 42.5 Å². The van der Waals surface area contributed by atoms with Crippen molar-refractivity contribution in [2.45, 2.75) is 0 Å². The van der Waals surface area contributed by atoms with Crippen molar-refractivity contribution in [3.8, 4) is 0 Å². The molecule has 0 bridgehead atoms. The molecule has 4 rings (SSSR count). The number of imidazole rings is 1. The van der Waals surface area contributed by atoms with Crippen LogP contribution in [0.15, 0.2) is 42.5 Å². The number of morpholine rings is 1. The third-order valence-corrected chi connectivity index (χ3v) is 4.46. The van der Waals surface area contributed by atoms with Crippen LogP contribution in [0.3, 0.4) is 0 Å². The molecule has 2 N–H and O–H groups in total. The first-order valence-electron chi connectivity index (χ1n) is 8.63. The van der Waals surface area contributed by atoms with Gasteiger partial charge in [-0.15, -0.1) is 0 Å². The molecule has 1 aliphatic rings. The Morgan fingerprint density at radius 3 is 2.81 bits per heavy atom. The summed E-state index contributed by atoms with van der Waals surface area (Å²) in [5, 5.41) is 2.70. The molecule has 3 aromatic rings. The van der Waals surface area contributed by atoms with Crippen molar-refractivity contribution in [3.63, 3.8) is 0 Å². The van der Waals surface area contributed by atoms with Crippen molar-refractivity contribution >= 4 is 41.0 Å². The number of benzene rings is 2. The molecule has 132 valence electrons. The van der Waals surface area contributed by atoms with Crippen LogP contribution in [0, 0.1) is 0 Å². The fourth-order valence-corrected chi connectivity index (χ4v) is 3.12. The number of aromatic amines is 1. The lowest BCUT2D eigenvalue weighted by molar-refractivity contribution is -0.105. The minimum Gasteiger partial charge on any atom is -0.378 e. The van der Waals surface area contributed by atoms with Gasteiger partial charge in [-0.2, -0.15) is 0 Å². The van der Waals surface area contributed by atoms with Crippen LogP contribution >= 0.6 is 0 Å². The number of nitrogens with one attached hydrogen (secondary N) is 2. The van der Waals surface area contributed by atoms with E-state index in [4.69, 9.17) is 4.74 Å². The molecule has 1 aliphatic heterocycles. The van der Waals surface area contributed by atoms with Crippen LogP contribution in [0.4, 0.5) is 11.4 Å². The average Bonchev–Trinajstić information content (AvgIpc) is 3.10. The minimum atomic E-state index is 0.682. The van der Waals surface area contributed by atoms with Crippen LogP contribution in [0.5, 0.6) is 0 Å². The molecule has 1 saturated heterocycles. The number of H-pyrrole nitrogens is 1. The molecule has 0 atom stereocenters. The zero-order valence-electron chi connectivity index (χ0n) is 14.3. The lowest BCUT2D eigenvalue weighted by atomic mass is 10.1. The second-order valence-electron chi connectivity index (χ2n) is 6.11. The van der Waals surface area contributed by atoms with Crippen molar-refractivity contribution in [1.82, 2.24) is 9.97 Å². The van der Waals surface area contributed by atoms with E-state index in [1.54, 1.807) is 0 Å². The van der Waals surface area contributed by atoms with Crippen LogP contribution in [-0.4, -0.2) is 42.7 Å². The van der Waals surface area contributed by atoms with E-state index < -0.39 is 0 Å². The molecular weight excluding hydrogens is 328 g/mol. The van der Waals surface area contributed by atoms with Crippen LogP contribution < -0.4 is 10.2 Å². The van der Waals surface area contributed by atoms with E-state index in [-0.39, 0.29) is 0 Å². The van der Waals surface area contributed by atoms with Crippen molar-refractivity contribution in [3.05, 3.63) is 53.9 Å². The fraction of sp³-hybridized carbons (Fsp3) is 0.200. The van der Waals surface area contributed by atoms with Crippen LogP contribution in [0.2, 0.25) is 0 Å². The summed E-state index contributed by atoms with van der Waals surface area (Å²) in [4.78, 5) is 21.0. The van der Waals surface area contributed by atoms with Crippen LogP contribution in [0.1, 0.15) is 11.4 Å². The fourth-order valence-electron chi connectivity index (χ4n) is 3.12. The molecule has 6 nitrogen and oxygen atoms in total. The number of para-hydroxylation sites is 1. The number of amides is 1. The number of hydrogen-bond donors (Lipinski definition) is 2. The summed E-state index contributed by atoms with van der Waals surface area (Å²) >= 11 is 0. The van der Waals surface area contributed by atoms with E-state index in [9.17, 15) is 4.79 Å². The summed E-state index contributed by atoms with van der Waals surface area (Å²) in [5.74, 6) is 0.778. The Morgan fingerprint density at radius 1 is 1.12 bits per heavy atom.